The van der Waals surface area contributed by atoms with Gasteiger partial charge in [-0.2, -0.15) is 0 Å². The maximum absolute atomic E-state index is 13.2. The zero-order valence-electron chi connectivity index (χ0n) is 21.4. The number of hydrogen-bond acceptors (Lipinski definition) is 4. The molecule has 3 amide bonds. The van der Waals surface area contributed by atoms with E-state index in [9.17, 15) is 14.4 Å². The molecule has 0 unspecified atom stereocenters. The van der Waals surface area contributed by atoms with Gasteiger partial charge in [0.1, 0.15) is 11.5 Å². The lowest BCUT2D eigenvalue weighted by Gasteiger charge is -2.29. The number of nitrogens with zero attached hydrogens (tertiary/aromatic N) is 2. The predicted octanol–water partition coefficient (Wildman–Crippen LogP) is 6.84. The summed E-state index contributed by atoms with van der Waals surface area (Å²) in [5.74, 6) is 0.869. The molecule has 1 heterocycles. The number of unbranched alkanes of at least 4 members (excludes halogenated alkanes) is 1. The highest BCUT2D eigenvalue weighted by molar-refractivity contribution is 6.25. The standard InChI is InChI=1S/C32H30N2O4/c1-2-3-16-29(35)33(24-17-19-26(20-18-24)38-25-12-5-4-6-13-25)21-9-22-34-31(36)27-14-7-10-23-11-8-15-28(30(23)27)32(34)37/h4-8,10-15,17-20H,2-3,9,16,21-22H2,1H3. The van der Waals surface area contributed by atoms with E-state index in [1.807, 2.05) is 78.9 Å². The molecule has 0 aliphatic carbocycles. The molecule has 0 N–H and O–H groups in total. The highest BCUT2D eigenvalue weighted by Gasteiger charge is 2.32. The van der Waals surface area contributed by atoms with Crippen LogP contribution in [0.3, 0.4) is 0 Å². The van der Waals surface area contributed by atoms with Crippen molar-refractivity contribution in [2.45, 2.75) is 32.6 Å². The van der Waals surface area contributed by atoms with Crippen molar-refractivity contribution >= 4 is 34.2 Å². The largest absolute Gasteiger partial charge is 0.457 e. The molecular weight excluding hydrogens is 476 g/mol. The molecule has 5 rings (SSSR count). The van der Waals surface area contributed by atoms with Crippen LogP contribution in [0, 0.1) is 0 Å². The third kappa shape index (κ3) is 5.16. The number of ether oxygens (including phenoxy) is 1. The highest BCUT2D eigenvalue weighted by atomic mass is 16.5. The summed E-state index contributed by atoms with van der Waals surface area (Å²) in [6.07, 6.45) is 2.63. The zero-order chi connectivity index (χ0) is 26.5. The van der Waals surface area contributed by atoms with Crippen LogP contribution >= 0.6 is 0 Å². The van der Waals surface area contributed by atoms with Crippen LogP contribution < -0.4 is 9.64 Å². The summed E-state index contributed by atoms with van der Waals surface area (Å²) in [4.78, 5) is 42.6. The van der Waals surface area contributed by atoms with Crippen molar-refractivity contribution in [1.82, 2.24) is 4.90 Å². The van der Waals surface area contributed by atoms with Gasteiger partial charge >= 0.3 is 0 Å². The van der Waals surface area contributed by atoms with Gasteiger partial charge in [0.25, 0.3) is 11.8 Å². The first-order valence-corrected chi connectivity index (χ1v) is 13.1. The van der Waals surface area contributed by atoms with Crippen molar-refractivity contribution in [3.8, 4) is 11.5 Å². The first kappa shape index (κ1) is 25.2. The average Bonchev–Trinajstić information content (AvgIpc) is 2.95. The molecular formula is C32H30N2O4. The molecule has 0 bridgehead atoms. The van der Waals surface area contributed by atoms with Gasteiger partial charge in [-0.15, -0.1) is 0 Å². The van der Waals surface area contributed by atoms with E-state index < -0.39 is 0 Å². The number of imide groups is 1. The molecule has 0 spiro atoms. The molecule has 4 aromatic carbocycles. The molecule has 0 fully saturated rings. The van der Waals surface area contributed by atoms with Gasteiger partial charge in [-0.25, -0.2) is 0 Å². The Morgan fingerprint density at radius 2 is 1.39 bits per heavy atom. The molecule has 0 saturated heterocycles. The van der Waals surface area contributed by atoms with E-state index in [4.69, 9.17) is 4.74 Å². The second-order valence-electron chi connectivity index (χ2n) is 9.38. The number of carbonyl (C=O) groups excluding carboxylic acids is 3. The zero-order valence-corrected chi connectivity index (χ0v) is 21.4. The lowest BCUT2D eigenvalue weighted by Crippen LogP contribution is -2.42. The van der Waals surface area contributed by atoms with Gasteiger partial charge in [0.05, 0.1) is 0 Å². The molecule has 1 aliphatic heterocycles. The maximum Gasteiger partial charge on any atom is 0.261 e. The van der Waals surface area contributed by atoms with Crippen LogP contribution in [-0.4, -0.2) is 35.7 Å². The van der Waals surface area contributed by atoms with Crippen molar-refractivity contribution < 1.29 is 19.1 Å². The Hall–Kier alpha value is -4.45. The number of benzene rings is 4. The van der Waals surface area contributed by atoms with Gasteiger partial charge in [-0.3, -0.25) is 19.3 Å². The van der Waals surface area contributed by atoms with Crippen LogP contribution in [0.5, 0.6) is 11.5 Å². The molecule has 6 heteroatoms. The van der Waals surface area contributed by atoms with E-state index >= 15 is 0 Å². The summed E-state index contributed by atoms with van der Waals surface area (Å²) in [5, 5.41) is 1.60. The quantitative estimate of drug-likeness (QED) is 0.221. The minimum absolute atomic E-state index is 0.0231. The van der Waals surface area contributed by atoms with Gasteiger partial charge in [0.2, 0.25) is 5.91 Å². The van der Waals surface area contributed by atoms with Crippen LogP contribution in [0.1, 0.15) is 53.3 Å². The predicted molar refractivity (Wildman–Crippen MR) is 149 cm³/mol. The molecule has 38 heavy (non-hydrogen) atoms. The first-order chi connectivity index (χ1) is 18.6. The van der Waals surface area contributed by atoms with E-state index in [0.29, 0.717) is 36.3 Å². The molecule has 0 radical (unpaired) electrons. The van der Waals surface area contributed by atoms with Crippen molar-refractivity contribution in [2.75, 3.05) is 18.0 Å². The molecule has 1 aliphatic rings. The Balaban J connectivity index is 1.30. The summed E-state index contributed by atoms with van der Waals surface area (Å²) < 4.78 is 5.89. The summed E-state index contributed by atoms with van der Waals surface area (Å²) in [5.41, 5.74) is 1.85. The van der Waals surface area contributed by atoms with Crippen LogP contribution in [-0.2, 0) is 4.79 Å². The fraction of sp³-hybridized carbons (Fsp3) is 0.219. The molecule has 192 valence electrons. The summed E-state index contributed by atoms with van der Waals surface area (Å²) in [7, 11) is 0. The number of hydrogen-bond donors (Lipinski definition) is 0. The summed E-state index contributed by atoms with van der Waals surface area (Å²) >= 11 is 0. The third-order valence-electron chi connectivity index (χ3n) is 6.79. The van der Waals surface area contributed by atoms with Gasteiger partial charge in [-0.1, -0.05) is 55.8 Å². The van der Waals surface area contributed by atoms with Crippen molar-refractivity contribution in [3.05, 3.63) is 102 Å². The Morgan fingerprint density at radius 1 is 0.763 bits per heavy atom. The number of rotatable bonds is 10. The van der Waals surface area contributed by atoms with Crippen LogP contribution in [0.15, 0.2) is 91.0 Å². The van der Waals surface area contributed by atoms with Crippen molar-refractivity contribution in [1.29, 1.82) is 0 Å². The van der Waals surface area contributed by atoms with E-state index in [2.05, 4.69) is 6.92 Å². The Labute approximate surface area is 222 Å². The van der Waals surface area contributed by atoms with Gasteiger partial charge in [0, 0.05) is 41.7 Å². The lowest BCUT2D eigenvalue weighted by molar-refractivity contribution is -0.118. The fourth-order valence-corrected chi connectivity index (χ4v) is 4.85. The summed E-state index contributed by atoms with van der Waals surface area (Å²) in [6.45, 7) is 2.68. The molecule has 6 nitrogen and oxygen atoms in total. The number of anilines is 1. The maximum atomic E-state index is 13.2. The second kappa shape index (κ2) is 11.3. The number of carbonyl (C=O) groups is 3. The van der Waals surface area contributed by atoms with E-state index in [-0.39, 0.29) is 24.3 Å². The second-order valence-corrected chi connectivity index (χ2v) is 9.38. The minimum Gasteiger partial charge on any atom is -0.457 e. The van der Waals surface area contributed by atoms with Gasteiger partial charge in [0.15, 0.2) is 0 Å². The normalized spacial score (nSPS) is 12.6. The van der Waals surface area contributed by atoms with Crippen LogP contribution in [0.2, 0.25) is 0 Å². The third-order valence-corrected chi connectivity index (χ3v) is 6.79. The highest BCUT2D eigenvalue weighted by Crippen LogP contribution is 2.30. The van der Waals surface area contributed by atoms with Gasteiger partial charge in [-0.05, 0) is 66.8 Å². The fourth-order valence-electron chi connectivity index (χ4n) is 4.85. The topological polar surface area (TPSA) is 66.9 Å². The van der Waals surface area contributed by atoms with Crippen molar-refractivity contribution in [3.63, 3.8) is 0 Å². The van der Waals surface area contributed by atoms with Crippen molar-refractivity contribution in [2.24, 2.45) is 0 Å². The smallest absolute Gasteiger partial charge is 0.261 e. The molecule has 4 aromatic rings. The lowest BCUT2D eigenvalue weighted by atomic mass is 9.94. The van der Waals surface area contributed by atoms with Crippen LogP contribution in [0.25, 0.3) is 10.8 Å². The Bertz CT molecular complexity index is 1410. The average molecular weight is 507 g/mol. The first-order valence-electron chi connectivity index (χ1n) is 13.1. The summed E-state index contributed by atoms with van der Waals surface area (Å²) in [6, 6.07) is 28.0. The minimum atomic E-state index is -0.287. The molecule has 0 atom stereocenters. The Morgan fingerprint density at radius 3 is 2.03 bits per heavy atom. The SMILES string of the molecule is CCCCC(=O)N(CCCN1C(=O)c2cccc3cccc(c23)C1=O)c1ccc(Oc2ccccc2)cc1. The van der Waals surface area contributed by atoms with Crippen LogP contribution in [0.4, 0.5) is 5.69 Å². The Kier molecular flexibility index (Phi) is 7.50. The number of para-hydroxylation sites is 1. The monoisotopic (exact) mass is 506 g/mol. The van der Waals surface area contributed by atoms with Gasteiger partial charge < -0.3 is 9.64 Å². The molecule has 0 saturated carbocycles. The van der Waals surface area contributed by atoms with E-state index in [1.165, 1.54) is 4.90 Å². The molecule has 0 aromatic heterocycles. The number of amides is 3. The van der Waals surface area contributed by atoms with E-state index in [0.717, 1.165) is 35.1 Å². The van der Waals surface area contributed by atoms with E-state index in [1.54, 1.807) is 17.0 Å².